The van der Waals surface area contributed by atoms with Crippen molar-refractivity contribution in [3.8, 4) is 0 Å². The standard InChI is InChI=1S/C20H28N2O/c1-22(2)18-5-3-13(4-6-18)12-21-20(23)19-16-8-14-7-15(10-16)11-17(19)9-14/h3-6,14-17,19H,7-12H2,1-2H3,(H,21,23). The van der Waals surface area contributed by atoms with E-state index in [4.69, 9.17) is 0 Å². The van der Waals surface area contributed by atoms with Gasteiger partial charge in [0.2, 0.25) is 5.91 Å². The van der Waals surface area contributed by atoms with E-state index in [1.165, 1.54) is 43.4 Å². The van der Waals surface area contributed by atoms with Crippen molar-refractivity contribution >= 4 is 11.6 Å². The van der Waals surface area contributed by atoms with Crippen molar-refractivity contribution < 1.29 is 4.79 Å². The van der Waals surface area contributed by atoms with Gasteiger partial charge in [0.1, 0.15) is 0 Å². The predicted molar refractivity (Wildman–Crippen MR) is 93.2 cm³/mol. The van der Waals surface area contributed by atoms with E-state index in [0.717, 1.165) is 11.8 Å². The molecule has 0 aromatic heterocycles. The lowest BCUT2D eigenvalue weighted by Gasteiger charge is -2.53. The van der Waals surface area contributed by atoms with Gasteiger partial charge in [-0.1, -0.05) is 12.1 Å². The van der Waals surface area contributed by atoms with Gasteiger partial charge in [0.05, 0.1) is 0 Å². The molecule has 124 valence electrons. The summed E-state index contributed by atoms with van der Waals surface area (Å²) in [4.78, 5) is 14.9. The van der Waals surface area contributed by atoms with Crippen LogP contribution in [0.2, 0.25) is 0 Å². The highest BCUT2D eigenvalue weighted by molar-refractivity contribution is 5.79. The van der Waals surface area contributed by atoms with Crippen molar-refractivity contribution in [2.75, 3.05) is 19.0 Å². The molecule has 4 fully saturated rings. The van der Waals surface area contributed by atoms with Gasteiger partial charge in [-0.15, -0.1) is 0 Å². The Labute approximate surface area is 139 Å². The van der Waals surface area contributed by atoms with Gasteiger partial charge in [-0.25, -0.2) is 0 Å². The molecule has 0 radical (unpaired) electrons. The molecule has 4 saturated carbocycles. The number of hydrogen-bond acceptors (Lipinski definition) is 2. The molecule has 4 bridgehead atoms. The molecule has 0 heterocycles. The maximum absolute atomic E-state index is 12.8. The van der Waals surface area contributed by atoms with Crippen LogP contribution in [0.4, 0.5) is 5.69 Å². The maximum atomic E-state index is 12.8. The van der Waals surface area contributed by atoms with Crippen LogP contribution in [0.15, 0.2) is 24.3 Å². The fourth-order valence-electron chi connectivity index (χ4n) is 5.57. The topological polar surface area (TPSA) is 32.3 Å². The number of amides is 1. The number of carbonyl (C=O) groups excluding carboxylic acids is 1. The molecule has 0 spiro atoms. The quantitative estimate of drug-likeness (QED) is 0.923. The lowest BCUT2D eigenvalue weighted by atomic mass is 9.51. The van der Waals surface area contributed by atoms with Crippen LogP contribution in [-0.4, -0.2) is 20.0 Å². The molecule has 0 aliphatic heterocycles. The van der Waals surface area contributed by atoms with Gasteiger partial charge >= 0.3 is 0 Å². The first-order valence-corrected chi connectivity index (χ1v) is 9.14. The molecular weight excluding hydrogens is 284 g/mol. The van der Waals surface area contributed by atoms with E-state index in [2.05, 4.69) is 34.5 Å². The van der Waals surface area contributed by atoms with E-state index in [9.17, 15) is 4.79 Å². The maximum Gasteiger partial charge on any atom is 0.223 e. The van der Waals surface area contributed by atoms with Crippen molar-refractivity contribution in [1.82, 2.24) is 5.32 Å². The summed E-state index contributed by atoms with van der Waals surface area (Å²) in [6.07, 6.45) is 6.68. The van der Waals surface area contributed by atoms with Crippen LogP contribution in [0.3, 0.4) is 0 Å². The monoisotopic (exact) mass is 312 g/mol. The van der Waals surface area contributed by atoms with Crippen LogP contribution < -0.4 is 10.2 Å². The van der Waals surface area contributed by atoms with Crippen LogP contribution in [-0.2, 0) is 11.3 Å². The van der Waals surface area contributed by atoms with Crippen molar-refractivity contribution in [3.63, 3.8) is 0 Å². The molecule has 4 aliphatic rings. The molecule has 0 saturated heterocycles. The number of nitrogens with one attached hydrogen (secondary N) is 1. The van der Waals surface area contributed by atoms with Gasteiger partial charge in [-0.2, -0.15) is 0 Å². The van der Waals surface area contributed by atoms with Gasteiger partial charge in [-0.05, 0) is 73.5 Å². The number of nitrogens with zero attached hydrogens (tertiary/aromatic N) is 1. The minimum atomic E-state index is 0.295. The summed E-state index contributed by atoms with van der Waals surface area (Å²) in [5, 5.41) is 3.22. The highest BCUT2D eigenvalue weighted by atomic mass is 16.1. The highest BCUT2D eigenvalue weighted by Crippen LogP contribution is 2.56. The van der Waals surface area contributed by atoms with Gasteiger partial charge in [-0.3, -0.25) is 4.79 Å². The second kappa shape index (κ2) is 5.85. The minimum absolute atomic E-state index is 0.295. The Morgan fingerprint density at radius 2 is 1.57 bits per heavy atom. The Bertz CT molecular complexity index is 550. The number of benzene rings is 1. The Morgan fingerprint density at radius 1 is 1.00 bits per heavy atom. The average Bonchev–Trinajstić information content (AvgIpc) is 2.52. The second-order valence-electron chi connectivity index (χ2n) is 8.24. The first-order chi connectivity index (χ1) is 11.1. The Balaban J connectivity index is 1.37. The summed E-state index contributed by atoms with van der Waals surface area (Å²) in [6, 6.07) is 8.47. The molecule has 0 atom stereocenters. The van der Waals surface area contributed by atoms with E-state index in [-0.39, 0.29) is 0 Å². The summed E-state index contributed by atoms with van der Waals surface area (Å²) in [5.41, 5.74) is 2.38. The van der Waals surface area contributed by atoms with E-state index >= 15 is 0 Å². The fourth-order valence-corrected chi connectivity index (χ4v) is 5.57. The fraction of sp³-hybridized carbons (Fsp3) is 0.650. The van der Waals surface area contributed by atoms with Crippen LogP contribution in [0.5, 0.6) is 0 Å². The molecule has 5 rings (SSSR count). The summed E-state index contributed by atoms with van der Waals surface area (Å²) in [7, 11) is 4.09. The normalized spacial score (nSPS) is 34.4. The summed E-state index contributed by atoms with van der Waals surface area (Å²) < 4.78 is 0. The third-order valence-electron chi connectivity index (χ3n) is 6.45. The molecule has 1 aromatic rings. The highest BCUT2D eigenvalue weighted by Gasteiger charge is 2.50. The largest absolute Gasteiger partial charge is 0.378 e. The lowest BCUT2D eigenvalue weighted by Crippen LogP contribution is -2.50. The molecular formula is C20H28N2O. The van der Waals surface area contributed by atoms with Gasteiger partial charge in [0.15, 0.2) is 0 Å². The summed E-state index contributed by atoms with van der Waals surface area (Å²) in [6.45, 7) is 0.662. The number of carbonyl (C=O) groups is 1. The van der Waals surface area contributed by atoms with Gasteiger partial charge in [0.25, 0.3) is 0 Å². The zero-order chi connectivity index (χ0) is 16.0. The van der Waals surface area contributed by atoms with E-state index < -0.39 is 0 Å². The van der Waals surface area contributed by atoms with Crippen LogP contribution in [0, 0.1) is 29.6 Å². The molecule has 3 heteroatoms. The van der Waals surface area contributed by atoms with Crippen LogP contribution in [0.1, 0.15) is 37.7 Å². The Kier molecular flexibility index (Phi) is 3.82. The zero-order valence-electron chi connectivity index (χ0n) is 14.3. The molecule has 1 aromatic carbocycles. The lowest BCUT2D eigenvalue weighted by molar-refractivity contribution is -0.138. The predicted octanol–water partition coefficient (Wildman–Crippen LogP) is 3.44. The van der Waals surface area contributed by atoms with Gasteiger partial charge < -0.3 is 10.2 Å². The smallest absolute Gasteiger partial charge is 0.223 e. The first kappa shape index (κ1) is 15.0. The van der Waals surface area contributed by atoms with Crippen LogP contribution >= 0.6 is 0 Å². The molecule has 1 amide bonds. The zero-order valence-corrected chi connectivity index (χ0v) is 14.3. The molecule has 3 nitrogen and oxygen atoms in total. The van der Waals surface area contributed by atoms with E-state index in [1.807, 2.05) is 14.1 Å². The van der Waals surface area contributed by atoms with Crippen molar-refractivity contribution in [1.29, 1.82) is 0 Å². The molecule has 4 aliphatic carbocycles. The second-order valence-corrected chi connectivity index (χ2v) is 8.24. The van der Waals surface area contributed by atoms with Gasteiger partial charge in [0, 0.05) is 32.2 Å². The third-order valence-corrected chi connectivity index (χ3v) is 6.45. The first-order valence-electron chi connectivity index (χ1n) is 9.14. The SMILES string of the molecule is CN(C)c1ccc(CNC(=O)C2C3CC4CC(C3)CC2C4)cc1. The van der Waals surface area contributed by atoms with Crippen molar-refractivity contribution in [2.24, 2.45) is 29.6 Å². The average molecular weight is 312 g/mol. The number of hydrogen-bond donors (Lipinski definition) is 1. The minimum Gasteiger partial charge on any atom is -0.378 e. The van der Waals surface area contributed by atoms with E-state index in [1.54, 1.807) is 0 Å². The number of anilines is 1. The Morgan fingerprint density at radius 3 is 2.09 bits per heavy atom. The van der Waals surface area contributed by atoms with Crippen molar-refractivity contribution in [2.45, 2.75) is 38.6 Å². The van der Waals surface area contributed by atoms with E-state index in [0.29, 0.717) is 30.2 Å². The van der Waals surface area contributed by atoms with Crippen molar-refractivity contribution in [3.05, 3.63) is 29.8 Å². The molecule has 0 unspecified atom stereocenters. The molecule has 1 N–H and O–H groups in total. The Hall–Kier alpha value is -1.51. The summed E-state index contributed by atoms with van der Waals surface area (Å²) >= 11 is 0. The molecule has 23 heavy (non-hydrogen) atoms. The van der Waals surface area contributed by atoms with Crippen LogP contribution in [0.25, 0.3) is 0 Å². The third kappa shape index (κ3) is 2.86. The summed E-state index contributed by atoms with van der Waals surface area (Å²) in [5.74, 6) is 3.81. The number of rotatable bonds is 4.